The van der Waals surface area contributed by atoms with E-state index in [0.29, 0.717) is 30.8 Å². The van der Waals surface area contributed by atoms with Crippen molar-refractivity contribution in [2.75, 3.05) is 13.1 Å². The number of alkyl halides is 3. The first-order valence-electron chi connectivity index (χ1n) is 16.9. The lowest BCUT2D eigenvalue weighted by Crippen LogP contribution is -2.55. The molecule has 0 heterocycles. The highest BCUT2D eigenvalue weighted by atomic mass is 35.5. The van der Waals surface area contributed by atoms with Gasteiger partial charge < -0.3 is 47.7 Å². The van der Waals surface area contributed by atoms with Gasteiger partial charge in [-0.1, -0.05) is 67.9 Å². The topological polar surface area (TPSA) is 248 Å². The van der Waals surface area contributed by atoms with Crippen LogP contribution >= 0.6 is 11.6 Å². The summed E-state index contributed by atoms with van der Waals surface area (Å²) in [5, 5.41) is 29.4. The Bertz CT molecular complexity index is 1510. The van der Waals surface area contributed by atoms with Crippen molar-refractivity contribution < 1.29 is 52.1 Å². The zero-order chi connectivity index (χ0) is 40.8. The molecule has 0 saturated heterocycles. The Morgan fingerprint density at radius 3 is 2.07 bits per heavy atom. The minimum Gasteiger partial charge on any atom is -0.475 e. The van der Waals surface area contributed by atoms with E-state index < -0.39 is 54.3 Å². The van der Waals surface area contributed by atoms with E-state index in [1.807, 2.05) is 44.2 Å². The molecule has 4 atom stereocenters. The van der Waals surface area contributed by atoms with Gasteiger partial charge in [0.1, 0.15) is 18.7 Å². The first kappa shape index (κ1) is 46.9. The molecule has 19 heteroatoms. The number of carbonyl (C=O) groups is 5. The number of aliphatic hydroxyl groups excluding tert-OH is 1. The van der Waals surface area contributed by atoms with Gasteiger partial charge in [-0.25, -0.2) is 9.59 Å². The molecule has 2 rings (SSSR count). The number of nitrogens with two attached hydrogens (primary N) is 2. The molecule has 0 aliphatic heterocycles. The number of guanidine groups is 1. The third-order valence-electron chi connectivity index (χ3n) is 7.32. The number of benzene rings is 2. The van der Waals surface area contributed by atoms with E-state index in [9.17, 15) is 37.5 Å². The monoisotopic (exact) mass is 787 g/mol. The number of nitrogens with one attached hydrogen (secondary N) is 4. The number of aliphatic hydroxyl groups is 1. The van der Waals surface area contributed by atoms with Crippen LogP contribution in [0.5, 0.6) is 0 Å². The number of hydrogen-bond acceptors (Lipinski definition) is 8. The maximum atomic E-state index is 13.2. The second-order valence-corrected chi connectivity index (χ2v) is 12.9. The van der Waals surface area contributed by atoms with E-state index in [1.165, 1.54) is 6.92 Å². The third kappa shape index (κ3) is 20.8. The summed E-state index contributed by atoms with van der Waals surface area (Å²) in [4.78, 5) is 64.2. The van der Waals surface area contributed by atoms with Crippen LogP contribution in [0.3, 0.4) is 0 Å². The fraction of sp³-hybridized carbons (Fsp3) is 0.486. The lowest BCUT2D eigenvalue weighted by molar-refractivity contribution is -0.192. The molecule has 0 unspecified atom stereocenters. The van der Waals surface area contributed by atoms with Gasteiger partial charge in [-0.3, -0.25) is 19.4 Å². The second kappa shape index (κ2) is 24.3. The summed E-state index contributed by atoms with van der Waals surface area (Å²) < 4.78 is 37.0. The van der Waals surface area contributed by atoms with Crippen LogP contribution in [0.25, 0.3) is 0 Å². The number of rotatable bonds is 19. The molecule has 0 aliphatic rings. The van der Waals surface area contributed by atoms with Crippen LogP contribution in [0.2, 0.25) is 5.02 Å². The number of alkyl carbamates (subject to hydrolysis) is 1. The van der Waals surface area contributed by atoms with Gasteiger partial charge in [-0.15, -0.1) is 0 Å². The summed E-state index contributed by atoms with van der Waals surface area (Å²) in [7, 11) is 0. The van der Waals surface area contributed by atoms with Gasteiger partial charge in [0, 0.05) is 18.1 Å². The number of carbonyl (C=O) groups excluding carboxylic acids is 4. The minimum absolute atomic E-state index is 0.00770. The fourth-order valence-electron chi connectivity index (χ4n) is 4.59. The molecule has 15 nitrogen and oxygen atoms in total. The van der Waals surface area contributed by atoms with E-state index in [4.69, 9.17) is 37.7 Å². The summed E-state index contributed by atoms with van der Waals surface area (Å²) in [5.74, 6) is -4.29. The SMILES string of the molecule is CC(C)C[C@H](NC(=O)[C@H](C)NC(=O)[C@H](CCCN=C(N)N)NC(=O)OCc1ccccc1)[C@@H](O)CC(=O)NCCc1ccc(Cl)cc1.O=C(O)C(F)(F)F. The average molecular weight is 788 g/mol. The first-order valence-corrected chi connectivity index (χ1v) is 17.3. The first-order chi connectivity index (χ1) is 25.3. The summed E-state index contributed by atoms with van der Waals surface area (Å²) in [6.45, 7) is 5.95. The Balaban J connectivity index is 0.00000189. The van der Waals surface area contributed by atoms with Crippen LogP contribution < -0.4 is 32.7 Å². The molecule has 54 heavy (non-hydrogen) atoms. The predicted octanol–water partition coefficient (Wildman–Crippen LogP) is 2.77. The molecule has 0 radical (unpaired) electrons. The van der Waals surface area contributed by atoms with Crippen LogP contribution in [0.1, 0.15) is 57.6 Å². The number of aliphatic carboxylic acids is 1. The molecule has 4 amide bonds. The van der Waals surface area contributed by atoms with Gasteiger partial charge in [-0.2, -0.15) is 13.2 Å². The Morgan fingerprint density at radius 1 is 0.907 bits per heavy atom. The quantitative estimate of drug-likeness (QED) is 0.0588. The number of nitrogens with zero attached hydrogens (tertiary/aromatic N) is 1. The van der Waals surface area contributed by atoms with Crippen molar-refractivity contribution in [3.8, 4) is 0 Å². The molecular weight excluding hydrogens is 739 g/mol. The van der Waals surface area contributed by atoms with Crippen LogP contribution in [0.4, 0.5) is 18.0 Å². The molecule has 0 aliphatic carbocycles. The summed E-state index contributed by atoms with van der Waals surface area (Å²) in [6, 6.07) is 13.5. The van der Waals surface area contributed by atoms with E-state index in [1.54, 1.807) is 24.3 Å². The molecule has 0 bridgehead atoms. The number of ether oxygens (including phenoxy) is 1. The molecule has 2 aromatic rings. The summed E-state index contributed by atoms with van der Waals surface area (Å²) in [5.41, 5.74) is 12.5. The van der Waals surface area contributed by atoms with Crippen molar-refractivity contribution in [2.45, 2.75) is 89.9 Å². The highest BCUT2D eigenvalue weighted by Gasteiger charge is 2.38. The summed E-state index contributed by atoms with van der Waals surface area (Å²) in [6.07, 6.45) is -5.75. The second-order valence-electron chi connectivity index (χ2n) is 12.5. The lowest BCUT2D eigenvalue weighted by Gasteiger charge is -2.27. The number of halogens is 4. The van der Waals surface area contributed by atoms with Gasteiger partial charge in [0.2, 0.25) is 17.7 Å². The van der Waals surface area contributed by atoms with E-state index in [0.717, 1.165) is 11.1 Å². The number of amides is 4. The molecule has 10 N–H and O–H groups in total. The Morgan fingerprint density at radius 2 is 1.52 bits per heavy atom. The average Bonchev–Trinajstić information content (AvgIpc) is 3.09. The Kier molecular flexibility index (Phi) is 21.1. The lowest BCUT2D eigenvalue weighted by atomic mass is 9.96. The predicted molar refractivity (Wildman–Crippen MR) is 195 cm³/mol. The highest BCUT2D eigenvalue weighted by molar-refractivity contribution is 6.30. The normalized spacial score (nSPS) is 13.1. The van der Waals surface area contributed by atoms with Gasteiger partial charge in [0.25, 0.3) is 0 Å². The zero-order valence-corrected chi connectivity index (χ0v) is 31.0. The fourth-order valence-corrected chi connectivity index (χ4v) is 4.71. The molecule has 0 saturated carbocycles. The van der Waals surface area contributed by atoms with Crippen molar-refractivity contribution >= 4 is 47.3 Å². The van der Waals surface area contributed by atoms with E-state index in [-0.39, 0.29) is 43.8 Å². The Hall–Kier alpha value is -5.10. The maximum absolute atomic E-state index is 13.2. The van der Waals surface area contributed by atoms with E-state index in [2.05, 4.69) is 26.3 Å². The standard InChI is InChI=1S/C33H48ClN7O6.C2HF3O2/c1-21(2)18-27(28(42)19-29(43)37-17-15-23-11-13-25(34)14-12-23)40-30(44)22(3)39-31(45)26(10-7-16-38-32(35)36)41-33(46)47-20-24-8-5-4-6-9-24;3-2(4,5)1(6)7/h4-6,8-9,11-14,21-22,26-28,42H,7,10,15-20H2,1-3H3,(H,37,43)(H,39,45)(H,40,44)(H,41,46)(H4,35,36,38);(H,6,7)/t22-,26-,27-,28-;/m0./s1. The van der Waals surface area contributed by atoms with Gasteiger partial charge in [0.05, 0.1) is 18.6 Å². The number of carboxylic acids is 1. The largest absolute Gasteiger partial charge is 0.490 e. The molecular formula is C35H49ClF3N7O8. The number of aliphatic imine (C=N–C) groups is 1. The highest BCUT2D eigenvalue weighted by Crippen LogP contribution is 2.14. The van der Waals surface area contributed by atoms with Gasteiger partial charge in [-0.05, 0) is 61.8 Å². The van der Waals surface area contributed by atoms with Gasteiger partial charge >= 0.3 is 18.2 Å². The molecule has 0 fully saturated rings. The summed E-state index contributed by atoms with van der Waals surface area (Å²) >= 11 is 5.91. The van der Waals surface area contributed by atoms with Crippen molar-refractivity contribution in [3.05, 3.63) is 70.7 Å². The Labute approximate surface area is 316 Å². The third-order valence-corrected chi connectivity index (χ3v) is 7.57. The zero-order valence-electron chi connectivity index (χ0n) is 30.2. The maximum Gasteiger partial charge on any atom is 0.490 e. The van der Waals surface area contributed by atoms with Crippen LogP contribution in [-0.2, 0) is 36.9 Å². The van der Waals surface area contributed by atoms with Crippen LogP contribution in [-0.4, -0.2) is 89.5 Å². The molecule has 0 aromatic heterocycles. The van der Waals surface area contributed by atoms with Crippen molar-refractivity contribution in [2.24, 2.45) is 22.4 Å². The number of carboxylic acid groups (broad SMARTS) is 1. The van der Waals surface area contributed by atoms with Gasteiger partial charge in [0.15, 0.2) is 5.96 Å². The number of hydrogen-bond donors (Lipinski definition) is 8. The molecule has 0 spiro atoms. The minimum atomic E-state index is -5.08. The van der Waals surface area contributed by atoms with E-state index >= 15 is 0 Å². The van der Waals surface area contributed by atoms with Crippen molar-refractivity contribution in [3.63, 3.8) is 0 Å². The molecule has 300 valence electrons. The van der Waals surface area contributed by atoms with Crippen molar-refractivity contribution in [1.29, 1.82) is 0 Å². The molecule has 2 aromatic carbocycles. The van der Waals surface area contributed by atoms with Crippen LogP contribution in [0.15, 0.2) is 59.6 Å². The van der Waals surface area contributed by atoms with Crippen LogP contribution in [0, 0.1) is 5.92 Å². The van der Waals surface area contributed by atoms with Crippen molar-refractivity contribution in [1.82, 2.24) is 21.3 Å². The smallest absolute Gasteiger partial charge is 0.475 e.